The molecule has 0 saturated heterocycles. The summed E-state index contributed by atoms with van der Waals surface area (Å²) in [6.45, 7) is 2.10. The van der Waals surface area contributed by atoms with Crippen molar-refractivity contribution in [1.82, 2.24) is 4.72 Å². The van der Waals surface area contributed by atoms with Gasteiger partial charge in [0.1, 0.15) is 0 Å². The second-order valence-corrected chi connectivity index (χ2v) is 9.09. The van der Waals surface area contributed by atoms with Gasteiger partial charge in [0.05, 0.1) is 16.0 Å². The molecule has 0 heterocycles. The van der Waals surface area contributed by atoms with E-state index >= 15 is 0 Å². The van der Waals surface area contributed by atoms with E-state index in [2.05, 4.69) is 11.6 Å². The highest BCUT2D eigenvalue weighted by molar-refractivity contribution is 7.89. The molecule has 0 amide bonds. The molecule has 0 fully saturated rings. The predicted molar refractivity (Wildman–Crippen MR) is 103 cm³/mol. The van der Waals surface area contributed by atoms with Crippen LogP contribution in [-0.4, -0.2) is 15.0 Å². The van der Waals surface area contributed by atoms with E-state index in [-0.39, 0.29) is 24.7 Å². The number of rotatable bonds is 13. The summed E-state index contributed by atoms with van der Waals surface area (Å²) in [6.07, 6.45) is 0.0132. The molecule has 10 heteroatoms. The minimum Gasteiger partial charge on any atom is -0.211 e. The molecular weight excluding hydrogens is 432 g/mol. The van der Waals surface area contributed by atoms with E-state index in [1.807, 2.05) is 0 Å². The monoisotopic (exact) mass is 461 g/mol. The van der Waals surface area contributed by atoms with Gasteiger partial charge < -0.3 is 0 Å². The smallest absolute Gasteiger partial charge is 0.211 e. The Hall–Kier alpha value is -1.29. The molecule has 0 aromatic heterocycles. The zero-order valence-electron chi connectivity index (χ0n) is 17.0. The molecule has 30 heavy (non-hydrogen) atoms. The van der Waals surface area contributed by atoms with Crippen molar-refractivity contribution in [3.05, 3.63) is 29.3 Å². The maximum atomic E-state index is 12.9. The van der Waals surface area contributed by atoms with Crippen LogP contribution in [0.25, 0.3) is 0 Å². The van der Waals surface area contributed by atoms with Crippen molar-refractivity contribution in [2.75, 3.05) is 6.54 Å². The van der Waals surface area contributed by atoms with E-state index in [4.69, 9.17) is 0 Å². The molecule has 0 aliphatic heterocycles. The van der Waals surface area contributed by atoms with Crippen LogP contribution in [0.15, 0.2) is 23.1 Å². The van der Waals surface area contributed by atoms with E-state index in [1.165, 1.54) is 25.7 Å². The Labute approximate surface area is 174 Å². The summed E-state index contributed by atoms with van der Waals surface area (Å²) in [5.41, 5.74) is -3.31. The van der Waals surface area contributed by atoms with Crippen molar-refractivity contribution in [3.8, 4) is 0 Å². The Morgan fingerprint density at radius 2 is 1.10 bits per heavy atom. The maximum Gasteiger partial charge on any atom is 0.416 e. The van der Waals surface area contributed by atoms with Crippen molar-refractivity contribution >= 4 is 10.0 Å². The summed E-state index contributed by atoms with van der Waals surface area (Å²) >= 11 is 0. The highest BCUT2D eigenvalue weighted by Crippen LogP contribution is 2.37. The molecule has 0 saturated carbocycles. The molecule has 1 aromatic rings. The quantitative estimate of drug-likeness (QED) is 0.256. The first-order valence-electron chi connectivity index (χ1n) is 10.2. The fourth-order valence-corrected chi connectivity index (χ4v) is 4.13. The first-order valence-corrected chi connectivity index (χ1v) is 11.7. The van der Waals surface area contributed by atoms with E-state index in [0.717, 1.165) is 32.1 Å². The SMILES string of the molecule is CCCCCCCCCCCCNS(=O)(=O)c1cc(C(F)(F)F)cc(C(F)(F)F)c1. The van der Waals surface area contributed by atoms with Crippen molar-refractivity contribution in [1.29, 1.82) is 0 Å². The largest absolute Gasteiger partial charge is 0.416 e. The Morgan fingerprint density at radius 1 is 0.700 bits per heavy atom. The third-order valence-corrected chi connectivity index (χ3v) is 6.13. The second-order valence-electron chi connectivity index (χ2n) is 7.32. The maximum absolute atomic E-state index is 12.9. The van der Waals surface area contributed by atoms with Gasteiger partial charge in [-0.3, -0.25) is 0 Å². The van der Waals surface area contributed by atoms with Gasteiger partial charge in [-0.15, -0.1) is 0 Å². The molecule has 0 unspecified atom stereocenters. The number of benzene rings is 1. The molecule has 1 rings (SSSR count). The van der Waals surface area contributed by atoms with Gasteiger partial charge in [0.2, 0.25) is 10.0 Å². The van der Waals surface area contributed by atoms with Crippen LogP contribution in [0.2, 0.25) is 0 Å². The predicted octanol–water partition coefficient (Wildman–Crippen LogP) is 6.92. The highest BCUT2D eigenvalue weighted by Gasteiger charge is 2.38. The average Bonchev–Trinajstić information content (AvgIpc) is 2.64. The summed E-state index contributed by atoms with van der Waals surface area (Å²) in [6, 6.07) is 0.341. The molecular formula is C20H29F6NO2S. The molecule has 174 valence electrons. The molecule has 0 aliphatic carbocycles. The van der Waals surface area contributed by atoms with Gasteiger partial charge in [0.25, 0.3) is 0 Å². The van der Waals surface area contributed by atoms with Crippen molar-refractivity contribution in [2.45, 2.75) is 88.4 Å². The van der Waals surface area contributed by atoms with Crippen molar-refractivity contribution in [3.63, 3.8) is 0 Å². The van der Waals surface area contributed by atoms with E-state index in [0.29, 0.717) is 6.42 Å². The zero-order valence-corrected chi connectivity index (χ0v) is 17.8. The first kappa shape index (κ1) is 26.7. The average molecular weight is 462 g/mol. The zero-order chi connectivity index (χ0) is 22.8. The lowest BCUT2D eigenvalue weighted by Crippen LogP contribution is -2.26. The molecule has 1 N–H and O–H groups in total. The van der Waals surface area contributed by atoms with Crippen LogP contribution in [0.5, 0.6) is 0 Å². The van der Waals surface area contributed by atoms with Gasteiger partial charge >= 0.3 is 12.4 Å². The molecule has 0 atom stereocenters. The van der Waals surface area contributed by atoms with Crippen molar-refractivity contribution < 1.29 is 34.8 Å². The third kappa shape index (κ3) is 9.68. The van der Waals surface area contributed by atoms with Crippen LogP contribution in [-0.2, 0) is 22.4 Å². The number of sulfonamides is 1. The molecule has 0 bridgehead atoms. The van der Waals surface area contributed by atoms with E-state index in [1.54, 1.807) is 0 Å². The lowest BCUT2D eigenvalue weighted by Gasteiger charge is -2.14. The van der Waals surface area contributed by atoms with Gasteiger partial charge in [-0.1, -0.05) is 64.7 Å². The number of hydrogen-bond acceptors (Lipinski definition) is 2. The van der Waals surface area contributed by atoms with Gasteiger partial charge in [-0.25, -0.2) is 13.1 Å². The topological polar surface area (TPSA) is 46.2 Å². The lowest BCUT2D eigenvalue weighted by atomic mass is 10.1. The van der Waals surface area contributed by atoms with Gasteiger partial charge in [-0.05, 0) is 24.6 Å². The molecule has 3 nitrogen and oxygen atoms in total. The summed E-state index contributed by atoms with van der Waals surface area (Å²) in [7, 11) is -4.49. The molecule has 0 aliphatic rings. The molecule has 0 radical (unpaired) electrons. The van der Waals surface area contributed by atoms with E-state index in [9.17, 15) is 34.8 Å². The lowest BCUT2D eigenvalue weighted by molar-refractivity contribution is -0.143. The number of halogens is 6. The Kier molecular flexibility index (Phi) is 10.6. The summed E-state index contributed by atoms with van der Waals surface area (Å²) < 4.78 is 104. The minimum absolute atomic E-state index is 0.0452. The highest BCUT2D eigenvalue weighted by atomic mass is 32.2. The van der Waals surface area contributed by atoms with E-state index < -0.39 is 38.4 Å². The van der Waals surface area contributed by atoms with Crippen LogP contribution in [0.4, 0.5) is 26.3 Å². The Bertz CT molecular complexity index is 712. The standard InChI is InChI=1S/C20H29F6NO2S/c1-2-3-4-5-6-7-8-9-10-11-12-27-30(28,29)18-14-16(19(21,22)23)13-17(15-18)20(24,25)26/h13-15,27H,2-12H2,1H3. The second kappa shape index (κ2) is 11.9. The number of alkyl halides is 6. The first-order chi connectivity index (χ1) is 13.9. The minimum atomic E-state index is -5.10. The Balaban J connectivity index is 2.56. The fourth-order valence-electron chi connectivity index (χ4n) is 2.98. The Morgan fingerprint density at radius 3 is 1.50 bits per heavy atom. The van der Waals surface area contributed by atoms with Gasteiger partial charge in [0.15, 0.2) is 0 Å². The van der Waals surface area contributed by atoms with Crippen LogP contribution in [0, 0.1) is 0 Å². The van der Waals surface area contributed by atoms with Crippen LogP contribution in [0.1, 0.15) is 82.3 Å². The summed E-state index contributed by atoms with van der Waals surface area (Å²) in [5, 5.41) is 0. The molecule has 0 spiro atoms. The van der Waals surface area contributed by atoms with Gasteiger partial charge in [0, 0.05) is 6.54 Å². The van der Waals surface area contributed by atoms with Crippen LogP contribution < -0.4 is 4.72 Å². The summed E-state index contributed by atoms with van der Waals surface area (Å²) in [5.74, 6) is 0. The number of hydrogen-bond donors (Lipinski definition) is 1. The third-order valence-electron chi connectivity index (χ3n) is 4.69. The fraction of sp³-hybridized carbons (Fsp3) is 0.700. The van der Waals surface area contributed by atoms with Gasteiger partial charge in [-0.2, -0.15) is 26.3 Å². The number of nitrogens with one attached hydrogen (secondary N) is 1. The normalized spacial score (nSPS) is 13.0. The molecule has 1 aromatic carbocycles. The number of unbranched alkanes of at least 4 members (excludes halogenated alkanes) is 9. The van der Waals surface area contributed by atoms with Crippen LogP contribution in [0.3, 0.4) is 0 Å². The van der Waals surface area contributed by atoms with Crippen molar-refractivity contribution in [2.24, 2.45) is 0 Å². The van der Waals surface area contributed by atoms with Crippen LogP contribution >= 0.6 is 0 Å². The summed E-state index contributed by atoms with van der Waals surface area (Å²) in [4.78, 5) is -1.04.